The maximum absolute atomic E-state index is 8.75. The fraction of sp³-hybridized carbons (Fsp3) is 0.250. The van der Waals surface area contributed by atoms with Crippen molar-refractivity contribution in [2.45, 2.75) is 6.29 Å². The number of nitrogen functional groups attached to an aromatic ring is 1. The fourth-order valence-corrected chi connectivity index (χ4v) is 0.762. The van der Waals surface area contributed by atoms with E-state index in [4.69, 9.17) is 20.8 Å². The minimum absolute atomic E-state index is 0.138. The van der Waals surface area contributed by atoms with Gasteiger partial charge in [-0.1, -0.05) is 0 Å². The molecule has 72 valence electrons. The van der Waals surface area contributed by atoms with Crippen LogP contribution in [0.15, 0.2) is 24.3 Å². The fourth-order valence-electron chi connectivity index (χ4n) is 0.762. The van der Waals surface area contributed by atoms with Gasteiger partial charge in [-0.05, 0) is 24.3 Å². The molecule has 4 N–H and O–H groups in total. The van der Waals surface area contributed by atoms with Gasteiger partial charge in [-0.2, -0.15) is 0 Å². The van der Waals surface area contributed by atoms with E-state index in [-0.39, 0.29) is 6.61 Å². The van der Waals surface area contributed by atoms with Crippen LogP contribution in [0.1, 0.15) is 0 Å². The van der Waals surface area contributed by atoms with Crippen LogP contribution >= 0.6 is 0 Å². The SMILES string of the molecule is Nc1ccc(OCC(O)OO)cc1. The Balaban J connectivity index is 2.41. The van der Waals surface area contributed by atoms with Crippen LogP contribution in [0.5, 0.6) is 5.75 Å². The van der Waals surface area contributed by atoms with Crippen molar-refractivity contribution in [3.8, 4) is 5.75 Å². The summed E-state index contributed by atoms with van der Waals surface area (Å²) in [6.45, 7) is -0.138. The van der Waals surface area contributed by atoms with E-state index in [2.05, 4.69) is 4.89 Å². The highest BCUT2D eigenvalue weighted by Gasteiger charge is 2.03. The predicted molar refractivity (Wildman–Crippen MR) is 46.1 cm³/mol. The second-order valence-corrected chi connectivity index (χ2v) is 2.44. The van der Waals surface area contributed by atoms with Gasteiger partial charge in [-0.25, -0.2) is 10.1 Å². The van der Waals surface area contributed by atoms with Crippen molar-refractivity contribution in [3.63, 3.8) is 0 Å². The lowest BCUT2D eigenvalue weighted by molar-refractivity contribution is -0.338. The van der Waals surface area contributed by atoms with Crippen LogP contribution in [0.3, 0.4) is 0 Å². The Labute approximate surface area is 75.2 Å². The van der Waals surface area contributed by atoms with E-state index in [1.165, 1.54) is 0 Å². The molecule has 5 heteroatoms. The van der Waals surface area contributed by atoms with E-state index >= 15 is 0 Å². The molecule has 1 rings (SSSR count). The van der Waals surface area contributed by atoms with Crippen LogP contribution in [0.25, 0.3) is 0 Å². The normalized spacial score (nSPS) is 12.5. The predicted octanol–water partition coefficient (Wildman–Crippen LogP) is 0.456. The molecule has 0 bridgehead atoms. The third-order valence-electron chi connectivity index (χ3n) is 1.39. The minimum atomic E-state index is -1.34. The van der Waals surface area contributed by atoms with Crippen LogP contribution < -0.4 is 10.5 Å². The summed E-state index contributed by atoms with van der Waals surface area (Å²) in [5.74, 6) is 0.547. The van der Waals surface area contributed by atoms with Gasteiger partial charge in [-0.3, -0.25) is 0 Å². The zero-order chi connectivity index (χ0) is 9.68. The van der Waals surface area contributed by atoms with Crippen molar-refractivity contribution < 1.29 is 20.0 Å². The zero-order valence-electron chi connectivity index (χ0n) is 6.88. The third-order valence-corrected chi connectivity index (χ3v) is 1.39. The second-order valence-electron chi connectivity index (χ2n) is 2.44. The topological polar surface area (TPSA) is 84.9 Å². The molecule has 0 radical (unpaired) electrons. The van der Waals surface area contributed by atoms with E-state index in [0.717, 1.165) is 0 Å². The Morgan fingerprint density at radius 2 is 1.92 bits per heavy atom. The number of aliphatic hydroxyl groups excluding tert-OH is 1. The van der Waals surface area contributed by atoms with Crippen LogP contribution in [-0.2, 0) is 4.89 Å². The number of hydrogen-bond acceptors (Lipinski definition) is 5. The molecular formula is C8H11NO4. The number of nitrogens with two attached hydrogens (primary N) is 1. The van der Waals surface area contributed by atoms with E-state index in [0.29, 0.717) is 11.4 Å². The summed E-state index contributed by atoms with van der Waals surface area (Å²) < 4.78 is 5.02. The number of aliphatic hydroxyl groups is 1. The highest BCUT2D eigenvalue weighted by Crippen LogP contribution is 2.13. The Morgan fingerprint density at radius 1 is 1.31 bits per heavy atom. The number of ether oxygens (including phenoxy) is 1. The summed E-state index contributed by atoms with van der Waals surface area (Å²) >= 11 is 0. The number of anilines is 1. The van der Waals surface area contributed by atoms with Crippen molar-refractivity contribution in [3.05, 3.63) is 24.3 Å². The molecule has 13 heavy (non-hydrogen) atoms. The van der Waals surface area contributed by atoms with Gasteiger partial charge in [0.15, 0.2) is 0 Å². The van der Waals surface area contributed by atoms with Crippen molar-refractivity contribution in [1.29, 1.82) is 0 Å². The molecule has 0 fully saturated rings. The Morgan fingerprint density at radius 3 is 2.46 bits per heavy atom. The summed E-state index contributed by atoms with van der Waals surface area (Å²) in [5, 5.41) is 16.8. The van der Waals surface area contributed by atoms with E-state index in [1.54, 1.807) is 24.3 Å². The van der Waals surface area contributed by atoms with Gasteiger partial charge in [0.05, 0.1) is 0 Å². The molecule has 0 spiro atoms. The molecule has 1 atom stereocenters. The number of hydrogen-bond donors (Lipinski definition) is 3. The third kappa shape index (κ3) is 3.29. The molecule has 1 unspecified atom stereocenters. The van der Waals surface area contributed by atoms with E-state index in [9.17, 15) is 0 Å². The smallest absolute Gasteiger partial charge is 0.222 e. The van der Waals surface area contributed by atoms with Gasteiger partial charge in [0, 0.05) is 5.69 Å². The quantitative estimate of drug-likeness (QED) is 0.274. The first-order valence-corrected chi connectivity index (χ1v) is 3.69. The first-order chi connectivity index (χ1) is 6.22. The highest BCUT2D eigenvalue weighted by molar-refractivity contribution is 5.41. The lowest BCUT2D eigenvalue weighted by Crippen LogP contribution is -2.19. The highest BCUT2D eigenvalue weighted by atomic mass is 17.1. The largest absolute Gasteiger partial charge is 0.488 e. The molecule has 0 aliphatic heterocycles. The first-order valence-electron chi connectivity index (χ1n) is 3.69. The Bertz CT molecular complexity index is 249. The summed E-state index contributed by atoms with van der Waals surface area (Å²) in [5.41, 5.74) is 6.07. The number of rotatable bonds is 4. The van der Waals surface area contributed by atoms with Crippen LogP contribution in [0.2, 0.25) is 0 Å². The van der Waals surface area contributed by atoms with Gasteiger partial charge >= 0.3 is 0 Å². The molecule has 0 aliphatic carbocycles. The maximum Gasteiger partial charge on any atom is 0.222 e. The van der Waals surface area contributed by atoms with Gasteiger partial charge in [0.2, 0.25) is 6.29 Å². The van der Waals surface area contributed by atoms with Crippen molar-refractivity contribution in [2.24, 2.45) is 0 Å². The minimum Gasteiger partial charge on any atom is -0.488 e. The molecule has 0 aliphatic rings. The van der Waals surface area contributed by atoms with Crippen molar-refractivity contribution in [2.75, 3.05) is 12.3 Å². The molecule has 0 saturated carbocycles. The zero-order valence-corrected chi connectivity index (χ0v) is 6.88. The molecule has 0 heterocycles. The molecule has 1 aromatic carbocycles. The molecular weight excluding hydrogens is 174 g/mol. The van der Waals surface area contributed by atoms with Crippen LogP contribution in [-0.4, -0.2) is 23.3 Å². The van der Waals surface area contributed by atoms with Crippen molar-refractivity contribution in [1.82, 2.24) is 0 Å². The second kappa shape index (κ2) is 4.66. The van der Waals surface area contributed by atoms with Crippen LogP contribution in [0.4, 0.5) is 5.69 Å². The Hall–Kier alpha value is -1.30. The van der Waals surface area contributed by atoms with Gasteiger partial charge < -0.3 is 15.6 Å². The van der Waals surface area contributed by atoms with E-state index in [1.807, 2.05) is 0 Å². The van der Waals surface area contributed by atoms with Crippen molar-refractivity contribution >= 4 is 5.69 Å². The lowest BCUT2D eigenvalue weighted by atomic mass is 10.3. The van der Waals surface area contributed by atoms with Gasteiger partial charge in [0.1, 0.15) is 12.4 Å². The maximum atomic E-state index is 8.75. The summed E-state index contributed by atoms with van der Waals surface area (Å²) in [6, 6.07) is 6.64. The monoisotopic (exact) mass is 185 g/mol. The average molecular weight is 185 g/mol. The summed E-state index contributed by atoms with van der Waals surface area (Å²) in [4.78, 5) is 3.60. The first kappa shape index (κ1) is 9.79. The summed E-state index contributed by atoms with van der Waals surface area (Å²) in [7, 11) is 0. The van der Waals surface area contributed by atoms with Gasteiger partial charge in [-0.15, -0.1) is 0 Å². The molecule has 0 aromatic heterocycles. The average Bonchev–Trinajstić information content (AvgIpc) is 2.16. The molecule has 1 aromatic rings. The van der Waals surface area contributed by atoms with Crippen LogP contribution in [0, 0.1) is 0 Å². The van der Waals surface area contributed by atoms with Gasteiger partial charge in [0.25, 0.3) is 0 Å². The standard InChI is InChI=1S/C8H11NO4/c9-6-1-3-7(4-2-6)12-5-8(10)13-11/h1-4,8,10-11H,5,9H2. The molecule has 0 saturated heterocycles. The molecule has 5 nitrogen and oxygen atoms in total. The Kier molecular flexibility index (Phi) is 3.51. The lowest BCUT2D eigenvalue weighted by Gasteiger charge is -2.08. The molecule has 0 amide bonds. The summed E-state index contributed by atoms with van der Waals surface area (Å²) in [6.07, 6.45) is -1.34. The number of benzene rings is 1. The van der Waals surface area contributed by atoms with E-state index < -0.39 is 6.29 Å².